The van der Waals surface area contributed by atoms with Crippen LogP contribution in [0.2, 0.25) is 0 Å². The predicted octanol–water partition coefficient (Wildman–Crippen LogP) is 3.21. The van der Waals surface area contributed by atoms with Gasteiger partial charge in [-0.05, 0) is 30.2 Å². The van der Waals surface area contributed by atoms with Crippen molar-refractivity contribution in [2.75, 3.05) is 25.5 Å². The Kier molecular flexibility index (Phi) is 5.76. The molecule has 0 saturated carbocycles. The van der Waals surface area contributed by atoms with E-state index < -0.39 is 0 Å². The highest BCUT2D eigenvalue weighted by atomic mass is 16.5. The molecule has 2 amide bonds. The van der Waals surface area contributed by atoms with Gasteiger partial charge in [-0.1, -0.05) is 24.3 Å². The molecule has 27 heavy (non-hydrogen) atoms. The molecule has 0 aliphatic rings. The quantitative estimate of drug-likeness (QED) is 0.675. The first-order chi connectivity index (χ1) is 13.1. The molecule has 0 fully saturated rings. The topological polar surface area (TPSA) is 74.4 Å². The lowest BCUT2D eigenvalue weighted by atomic mass is 10.1. The fourth-order valence-corrected chi connectivity index (χ4v) is 3.02. The van der Waals surface area contributed by atoms with E-state index in [1.54, 1.807) is 36.3 Å². The molecule has 3 rings (SSSR count). The van der Waals surface area contributed by atoms with Gasteiger partial charge >= 0.3 is 0 Å². The summed E-state index contributed by atoms with van der Waals surface area (Å²) in [6.07, 6.45) is 2.63. The first-order valence-electron chi connectivity index (χ1n) is 8.81. The number of ether oxygens (including phenoxy) is 1. The lowest BCUT2D eigenvalue weighted by Gasteiger charge is -2.20. The van der Waals surface area contributed by atoms with Gasteiger partial charge in [0.05, 0.1) is 13.7 Å². The number of fused-ring (bicyclic) bond motifs is 1. The number of methoxy groups -OCH3 is 1. The van der Waals surface area contributed by atoms with Crippen LogP contribution in [0.25, 0.3) is 10.9 Å². The van der Waals surface area contributed by atoms with Gasteiger partial charge in [-0.15, -0.1) is 0 Å². The molecule has 140 valence electrons. The maximum Gasteiger partial charge on any atom is 0.243 e. The van der Waals surface area contributed by atoms with Crippen LogP contribution in [-0.4, -0.2) is 41.9 Å². The number of H-pyrrole nitrogens is 1. The molecule has 0 spiro atoms. The highest BCUT2D eigenvalue weighted by Gasteiger charge is 2.15. The second kappa shape index (κ2) is 8.40. The number of amides is 2. The average Bonchev–Trinajstić information content (AvgIpc) is 3.08. The lowest BCUT2D eigenvalue weighted by molar-refractivity contribution is -0.132. The molecule has 0 atom stereocenters. The van der Waals surface area contributed by atoms with E-state index in [1.807, 2.05) is 24.4 Å². The van der Waals surface area contributed by atoms with E-state index >= 15 is 0 Å². The number of carbonyl (C=O) groups is 2. The molecule has 0 unspecified atom stereocenters. The number of aromatic amines is 1. The molecule has 6 nitrogen and oxygen atoms in total. The maximum atomic E-state index is 12.3. The van der Waals surface area contributed by atoms with Crippen LogP contribution < -0.4 is 10.1 Å². The van der Waals surface area contributed by atoms with Gasteiger partial charge in [0.15, 0.2) is 0 Å². The fraction of sp³-hybridized carbons (Fsp3) is 0.238. The Bertz CT molecular complexity index is 949. The van der Waals surface area contributed by atoms with E-state index in [0.717, 1.165) is 16.5 Å². The highest BCUT2D eigenvalue weighted by Crippen LogP contribution is 2.19. The van der Waals surface area contributed by atoms with E-state index in [9.17, 15) is 9.59 Å². The van der Waals surface area contributed by atoms with Gasteiger partial charge in [0.2, 0.25) is 11.8 Å². The molecule has 2 N–H and O–H groups in total. The Morgan fingerprint density at radius 3 is 2.74 bits per heavy atom. The van der Waals surface area contributed by atoms with Gasteiger partial charge in [-0.25, -0.2) is 0 Å². The number of para-hydroxylation sites is 1. The number of anilines is 1. The minimum atomic E-state index is -0.239. The van der Waals surface area contributed by atoms with Gasteiger partial charge in [0, 0.05) is 42.3 Å². The number of hydrogen-bond acceptors (Lipinski definition) is 3. The second-order valence-corrected chi connectivity index (χ2v) is 6.33. The smallest absolute Gasteiger partial charge is 0.243 e. The lowest BCUT2D eigenvalue weighted by Crippen LogP contribution is -2.37. The van der Waals surface area contributed by atoms with Crippen molar-refractivity contribution in [2.45, 2.75) is 13.3 Å². The van der Waals surface area contributed by atoms with Crippen LogP contribution in [0.1, 0.15) is 12.5 Å². The summed E-state index contributed by atoms with van der Waals surface area (Å²) in [5.74, 6) is 0.295. The van der Waals surface area contributed by atoms with Crippen molar-refractivity contribution in [3.05, 3.63) is 60.3 Å². The largest absolute Gasteiger partial charge is 0.497 e. The number of carbonyl (C=O) groups excluding carboxylic acids is 2. The number of rotatable bonds is 7. The van der Waals surface area contributed by atoms with Crippen LogP contribution in [0.4, 0.5) is 5.69 Å². The Hall–Kier alpha value is -3.28. The van der Waals surface area contributed by atoms with Crippen molar-refractivity contribution >= 4 is 28.4 Å². The third kappa shape index (κ3) is 4.67. The van der Waals surface area contributed by atoms with Crippen molar-refractivity contribution < 1.29 is 14.3 Å². The van der Waals surface area contributed by atoms with E-state index in [0.29, 0.717) is 24.4 Å². The number of aromatic nitrogens is 1. The third-order valence-corrected chi connectivity index (χ3v) is 4.46. The molecule has 0 bridgehead atoms. The minimum absolute atomic E-state index is 0.00883. The van der Waals surface area contributed by atoms with Crippen LogP contribution in [-0.2, 0) is 16.0 Å². The molecule has 0 saturated heterocycles. The minimum Gasteiger partial charge on any atom is -0.497 e. The van der Waals surface area contributed by atoms with Crippen molar-refractivity contribution in [1.29, 1.82) is 0 Å². The zero-order chi connectivity index (χ0) is 19.2. The molecule has 3 aromatic rings. The summed E-state index contributed by atoms with van der Waals surface area (Å²) in [7, 11) is 1.57. The summed E-state index contributed by atoms with van der Waals surface area (Å²) in [4.78, 5) is 29.1. The zero-order valence-electron chi connectivity index (χ0n) is 15.5. The summed E-state index contributed by atoms with van der Waals surface area (Å²) < 4.78 is 5.15. The van der Waals surface area contributed by atoms with Crippen LogP contribution in [0, 0.1) is 0 Å². The van der Waals surface area contributed by atoms with Gasteiger partial charge < -0.3 is 19.9 Å². The predicted molar refractivity (Wildman–Crippen MR) is 106 cm³/mol. The first kappa shape index (κ1) is 18.5. The third-order valence-electron chi connectivity index (χ3n) is 4.46. The Morgan fingerprint density at radius 2 is 1.96 bits per heavy atom. The number of hydrogen-bond donors (Lipinski definition) is 2. The molecule has 0 radical (unpaired) electrons. The van der Waals surface area contributed by atoms with Crippen molar-refractivity contribution in [3.8, 4) is 5.75 Å². The number of nitrogens with one attached hydrogen (secondary N) is 2. The number of benzene rings is 2. The van der Waals surface area contributed by atoms with Gasteiger partial charge in [-0.2, -0.15) is 0 Å². The van der Waals surface area contributed by atoms with E-state index in [2.05, 4.69) is 16.4 Å². The first-order valence-corrected chi connectivity index (χ1v) is 8.81. The van der Waals surface area contributed by atoms with Crippen LogP contribution in [0.3, 0.4) is 0 Å². The molecule has 0 aliphatic carbocycles. The van der Waals surface area contributed by atoms with Crippen molar-refractivity contribution in [1.82, 2.24) is 9.88 Å². The summed E-state index contributed by atoms with van der Waals surface area (Å²) in [5.41, 5.74) is 2.84. The zero-order valence-corrected chi connectivity index (χ0v) is 15.5. The number of nitrogens with zero attached hydrogens (tertiary/aromatic N) is 1. The maximum absolute atomic E-state index is 12.3. The van der Waals surface area contributed by atoms with E-state index in [-0.39, 0.29) is 18.4 Å². The Labute approximate surface area is 158 Å². The highest BCUT2D eigenvalue weighted by molar-refractivity contribution is 5.94. The average molecular weight is 365 g/mol. The summed E-state index contributed by atoms with van der Waals surface area (Å²) in [6, 6.07) is 15.2. The van der Waals surface area contributed by atoms with Crippen molar-refractivity contribution in [3.63, 3.8) is 0 Å². The van der Waals surface area contributed by atoms with Crippen LogP contribution in [0.15, 0.2) is 54.7 Å². The molecule has 6 heteroatoms. The monoisotopic (exact) mass is 365 g/mol. The summed E-state index contributed by atoms with van der Waals surface area (Å²) in [5, 5.41) is 3.95. The van der Waals surface area contributed by atoms with Gasteiger partial charge in [0.1, 0.15) is 5.75 Å². The van der Waals surface area contributed by atoms with E-state index in [4.69, 9.17) is 4.74 Å². The van der Waals surface area contributed by atoms with Gasteiger partial charge in [0.25, 0.3) is 0 Å². The SMILES string of the molecule is COc1cccc(NC(=O)CN(CCc2c[nH]c3ccccc23)C(C)=O)c1. The van der Waals surface area contributed by atoms with Crippen LogP contribution >= 0.6 is 0 Å². The van der Waals surface area contributed by atoms with E-state index in [1.165, 1.54) is 6.92 Å². The molecule has 1 aromatic heterocycles. The van der Waals surface area contributed by atoms with Crippen LogP contribution in [0.5, 0.6) is 5.75 Å². The van der Waals surface area contributed by atoms with Crippen molar-refractivity contribution in [2.24, 2.45) is 0 Å². The molecule has 1 heterocycles. The fourth-order valence-electron chi connectivity index (χ4n) is 3.02. The Morgan fingerprint density at radius 1 is 1.15 bits per heavy atom. The normalized spacial score (nSPS) is 10.6. The summed E-state index contributed by atoms with van der Waals surface area (Å²) >= 11 is 0. The molecule has 2 aromatic carbocycles. The Balaban J connectivity index is 1.61. The summed E-state index contributed by atoms with van der Waals surface area (Å²) in [6.45, 7) is 1.96. The molecule has 0 aliphatic heterocycles. The second-order valence-electron chi connectivity index (χ2n) is 6.33. The standard InChI is InChI=1S/C21H23N3O3/c1-15(25)24(11-10-16-13-22-20-9-4-3-8-19(16)20)14-21(26)23-17-6-5-7-18(12-17)27-2/h3-9,12-13,22H,10-11,14H2,1-2H3,(H,23,26). The van der Waals surface area contributed by atoms with Gasteiger partial charge in [-0.3, -0.25) is 9.59 Å². The molecular weight excluding hydrogens is 342 g/mol. The molecular formula is C21H23N3O3.